The molecule has 2 aliphatic carbocycles. The maximum Gasteiger partial charge on any atom is 0.280 e. The Balaban J connectivity index is 0.00000138. The quantitative estimate of drug-likeness (QED) is 0.0673. The first-order valence-corrected chi connectivity index (χ1v) is 14.5. The van der Waals surface area contributed by atoms with Crippen LogP contribution in [0.3, 0.4) is 0 Å². The number of hydrogen-bond acceptors (Lipinski definition) is 7. The lowest BCUT2D eigenvalue weighted by Gasteiger charge is -2.16. The summed E-state index contributed by atoms with van der Waals surface area (Å²) in [5.41, 5.74) is 0. The molecule has 0 aromatic rings. The zero-order valence-electron chi connectivity index (χ0n) is 21.5. The van der Waals surface area contributed by atoms with E-state index < -0.39 is 0 Å². The second-order valence-electron chi connectivity index (χ2n) is 8.81. The molecule has 35 heavy (non-hydrogen) atoms. The minimum atomic E-state index is -0.0974. The fraction of sp³-hybridized carbons (Fsp3) is 0.920. The van der Waals surface area contributed by atoms with E-state index in [-0.39, 0.29) is 9.82 Å². The summed E-state index contributed by atoms with van der Waals surface area (Å²) in [6, 6.07) is 0.653. The van der Waals surface area contributed by atoms with Crippen molar-refractivity contribution in [1.29, 1.82) is 0 Å². The van der Waals surface area contributed by atoms with Crippen molar-refractivity contribution >= 4 is 32.4 Å². The first-order valence-electron chi connectivity index (χ1n) is 13.4. The Morgan fingerprint density at radius 1 is 0.600 bits per heavy atom. The summed E-state index contributed by atoms with van der Waals surface area (Å²) in [6.45, 7) is 5.77. The fourth-order valence-corrected chi connectivity index (χ4v) is 3.72. The van der Waals surface area contributed by atoms with Crippen molar-refractivity contribution in [1.82, 2.24) is 16.0 Å². The molecule has 2 amide bonds. The maximum absolute atomic E-state index is 11.7. The monoisotopic (exact) mass is 613 g/mol. The van der Waals surface area contributed by atoms with Gasteiger partial charge in [0.15, 0.2) is 0 Å². The summed E-state index contributed by atoms with van der Waals surface area (Å²) in [5, 5.41) is 9.00. The summed E-state index contributed by atoms with van der Waals surface area (Å²) < 4.78 is 21.6. The highest BCUT2D eigenvalue weighted by Crippen LogP contribution is 2.17. The second-order valence-corrected chi connectivity index (χ2v) is 9.79. The van der Waals surface area contributed by atoms with Crippen LogP contribution in [0.1, 0.15) is 70.6 Å². The van der Waals surface area contributed by atoms with Gasteiger partial charge in [0.1, 0.15) is 0 Å². The number of halogens is 1. The number of amides is 2. The van der Waals surface area contributed by atoms with Gasteiger partial charge >= 0.3 is 0 Å². The van der Waals surface area contributed by atoms with E-state index in [0.29, 0.717) is 78.4 Å². The SMILES string of the molecule is C1CCC1.O=C(I)NCCOCCOCCNC(=O)CCOCCOCCNC1CCCCCC1. The van der Waals surface area contributed by atoms with Gasteiger partial charge in [-0.25, -0.2) is 0 Å². The van der Waals surface area contributed by atoms with Crippen LogP contribution in [0.4, 0.5) is 4.79 Å². The molecule has 0 saturated heterocycles. The largest absolute Gasteiger partial charge is 0.379 e. The van der Waals surface area contributed by atoms with Gasteiger partial charge in [0, 0.05) is 54.7 Å². The molecule has 0 aliphatic heterocycles. The summed E-state index contributed by atoms with van der Waals surface area (Å²) in [6.07, 6.45) is 14.3. The van der Waals surface area contributed by atoms with Crippen LogP contribution in [0.15, 0.2) is 0 Å². The maximum atomic E-state index is 11.7. The van der Waals surface area contributed by atoms with Crippen LogP contribution in [-0.4, -0.2) is 88.4 Å². The highest BCUT2D eigenvalue weighted by atomic mass is 127. The minimum Gasteiger partial charge on any atom is -0.379 e. The van der Waals surface area contributed by atoms with Crippen molar-refractivity contribution in [2.24, 2.45) is 0 Å². The molecule has 206 valence electrons. The van der Waals surface area contributed by atoms with Gasteiger partial charge in [-0.1, -0.05) is 51.4 Å². The molecule has 0 aromatic heterocycles. The molecule has 2 fully saturated rings. The number of carbonyl (C=O) groups is 2. The van der Waals surface area contributed by atoms with E-state index in [9.17, 15) is 9.59 Å². The number of nitrogens with one attached hydrogen (secondary N) is 3. The van der Waals surface area contributed by atoms with E-state index in [1.54, 1.807) is 22.6 Å². The Morgan fingerprint density at radius 2 is 1.06 bits per heavy atom. The molecule has 2 saturated carbocycles. The number of carbonyl (C=O) groups excluding carboxylic acids is 2. The minimum absolute atomic E-state index is 0.0529. The standard InChI is InChI=1S/C21H40IN3O6.C4H8/c22-21(27)25-10-14-31-18-17-30-13-9-24-20(26)7-11-28-15-16-29-12-8-23-19-5-3-1-2-4-6-19;1-2-4-3-1/h19,23H,1-18H2,(H,24,26)(H,25,27);1-4H2. The molecule has 2 rings (SSSR count). The van der Waals surface area contributed by atoms with E-state index in [4.69, 9.17) is 18.9 Å². The Morgan fingerprint density at radius 3 is 1.57 bits per heavy atom. The molecule has 0 radical (unpaired) electrons. The molecular formula is C25H48IN3O6. The Kier molecular flexibility index (Phi) is 23.3. The molecule has 9 nitrogen and oxygen atoms in total. The van der Waals surface area contributed by atoms with Crippen molar-refractivity contribution in [2.75, 3.05) is 72.5 Å². The molecule has 0 spiro atoms. The molecule has 0 atom stereocenters. The van der Waals surface area contributed by atoms with Crippen LogP contribution < -0.4 is 16.0 Å². The van der Waals surface area contributed by atoms with Crippen molar-refractivity contribution in [2.45, 2.75) is 76.7 Å². The lowest BCUT2D eigenvalue weighted by atomic mass is 10.0. The molecule has 0 aromatic carbocycles. The molecule has 3 N–H and O–H groups in total. The van der Waals surface area contributed by atoms with Crippen molar-refractivity contribution in [3.8, 4) is 0 Å². The third kappa shape index (κ3) is 23.6. The molecule has 0 heterocycles. The Labute approximate surface area is 225 Å². The molecular weight excluding hydrogens is 565 g/mol. The van der Waals surface area contributed by atoms with Crippen LogP contribution in [0.2, 0.25) is 0 Å². The van der Waals surface area contributed by atoms with Crippen molar-refractivity contribution in [3.05, 3.63) is 0 Å². The van der Waals surface area contributed by atoms with Crippen molar-refractivity contribution < 1.29 is 28.5 Å². The zero-order valence-corrected chi connectivity index (χ0v) is 23.6. The van der Waals surface area contributed by atoms with Gasteiger partial charge in [0.2, 0.25) is 5.91 Å². The highest BCUT2D eigenvalue weighted by molar-refractivity contribution is 14.1. The van der Waals surface area contributed by atoms with Gasteiger partial charge in [-0.3, -0.25) is 9.59 Å². The van der Waals surface area contributed by atoms with Gasteiger partial charge in [-0.05, 0) is 12.8 Å². The van der Waals surface area contributed by atoms with Crippen LogP contribution in [0.5, 0.6) is 0 Å². The Hall–Kier alpha value is -0.530. The zero-order chi connectivity index (χ0) is 25.2. The van der Waals surface area contributed by atoms with E-state index in [1.165, 1.54) is 64.2 Å². The molecule has 0 bridgehead atoms. The van der Waals surface area contributed by atoms with Gasteiger partial charge < -0.3 is 34.9 Å². The van der Waals surface area contributed by atoms with Crippen LogP contribution in [0, 0.1) is 0 Å². The van der Waals surface area contributed by atoms with Gasteiger partial charge in [0.25, 0.3) is 3.91 Å². The molecule has 10 heteroatoms. The summed E-state index contributed by atoms with van der Waals surface area (Å²) in [7, 11) is 0. The first-order chi connectivity index (χ1) is 17.2. The number of hydrogen-bond donors (Lipinski definition) is 3. The predicted octanol–water partition coefficient (Wildman–Crippen LogP) is 3.58. The van der Waals surface area contributed by atoms with Crippen LogP contribution >= 0.6 is 22.6 Å². The van der Waals surface area contributed by atoms with Crippen molar-refractivity contribution in [3.63, 3.8) is 0 Å². The lowest BCUT2D eigenvalue weighted by molar-refractivity contribution is -0.122. The Bertz CT molecular complexity index is 500. The third-order valence-electron chi connectivity index (χ3n) is 5.83. The summed E-state index contributed by atoms with van der Waals surface area (Å²) in [4.78, 5) is 22.4. The van der Waals surface area contributed by atoms with Crippen LogP contribution in [0.25, 0.3) is 0 Å². The average Bonchev–Trinajstić information content (AvgIpc) is 3.07. The lowest BCUT2D eigenvalue weighted by Crippen LogP contribution is -2.31. The summed E-state index contributed by atoms with van der Waals surface area (Å²) >= 11 is 1.68. The predicted molar refractivity (Wildman–Crippen MR) is 146 cm³/mol. The van der Waals surface area contributed by atoms with Gasteiger partial charge in [0.05, 0.1) is 52.9 Å². The number of rotatable bonds is 19. The third-order valence-corrected chi connectivity index (χ3v) is 6.21. The van der Waals surface area contributed by atoms with E-state index in [1.807, 2.05) is 0 Å². The molecule has 0 unspecified atom stereocenters. The normalized spacial score (nSPS) is 15.9. The smallest absolute Gasteiger partial charge is 0.280 e. The fourth-order valence-electron chi connectivity index (χ4n) is 3.45. The highest BCUT2D eigenvalue weighted by Gasteiger charge is 2.10. The van der Waals surface area contributed by atoms with E-state index in [0.717, 1.165) is 6.54 Å². The van der Waals surface area contributed by atoms with E-state index >= 15 is 0 Å². The molecule has 2 aliphatic rings. The van der Waals surface area contributed by atoms with E-state index in [2.05, 4.69) is 16.0 Å². The van der Waals surface area contributed by atoms with Gasteiger partial charge in [-0.2, -0.15) is 0 Å². The second kappa shape index (κ2) is 25.1. The topological polar surface area (TPSA) is 107 Å². The van der Waals surface area contributed by atoms with Gasteiger partial charge in [-0.15, -0.1) is 0 Å². The number of ether oxygens (including phenoxy) is 4. The summed E-state index contributed by atoms with van der Waals surface area (Å²) in [5.74, 6) is -0.0529. The van der Waals surface area contributed by atoms with Crippen LogP contribution in [-0.2, 0) is 23.7 Å². The first kappa shape index (κ1) is 32.5. The average molecular weight is 614 g/mol.